The minimum absolute atomic E-state index is 0. The van der Waals surface area contributed by atoms with E-state index in [4.69, 9.17) is 14.2 Å². The van der Waals surface area contributed by atoms with Crippen molar-refractivity contribution in [3.63, 3.8) is 0 Å². The molecule has 0 spiro atoms. The predicted octanol–water partition coefficient (Wildman–Crippen LogP) is 3.50. The first kappa shape index (κ1) is 22.9. The molecule has 0 fully saturated rings. The van der Waals surface area contributed by atoms with Crippen LogP contribution in [0.4, 0.5) is 0 Å². The van der Waals surface area contributed by atoms with E-state index >= 15 is 0 Å². The van der Waals surface area contributed by atoms with Crippen LogP contribution in [0.15, 0.2) is 41.4 Å². The Morgan fingerprint density at radius 3 is 2.15 bits per heavy atom. The van der Waals surface area contributed by atoms with Crippen LogP contribution in [0.5, 0.6) is 17.2 Å². The van der Waals surface area contributed by atoms with Crippen molar-refractivity contribution in [1.29, 1.82) is 0 Å². The minimum Gasteiger partial charge on any atom is -0.496 e. The lowest BCUT2D eigenvalue weighted by Crippen LogP contribution is -2.36. The molecule has 0 atom stereocenters. The second kappa shape index (κ2) is 11.5. The summed E-state index contributed by atoms with van der Waals surface area (Å²) in [6.07, 6.45) is 0. The Labute approximate surface area is 178 Å². The number of ether oxygens (including phenoxy) is 3. The number of nitrogens with one attached hydrogen (secondary N) is 2. The smallest absolute Gasteiger partial charge is 0.191 e. The monoisotopic (exact) mass is 485 g/mol. The maximum absolute atomic E-state index is 5.46. The van der Waals surface area contributed by atoms with Crippen LogP contribution in [-0.4, -0.2) is 34.3 Å². The zero-order valence-electron chi connectivity index (χ0n) is 16.5. The number of nitrogens with zero attached hydrogens (tertiary/aromatic N) is 1. The highest BCUT2D eigenvalue weighted by Crippen LogP contribution is 2.30. The third kappa shape index (κ3) is 6.20. The van der Waals surface area contributed by atoms with Crippen molar-refractivity contribution in [3.05, 3.63) is 53.1 Å². The Balaban J connectivity index is 0.00000364. The Morgan fingerprint density at radius 1 is 0.889 bits per heavy atom. The van der Waals surface area contributed by atoms with Crippen LogP contribution in [0.25, 0.3) is 0 Å². The number of methoxy groups -OCH3 is 3. The average molecular weight is 485 g/mol. The molecule has 6 nitrogen and oxygen atoms in total. The Hall–Kier alpha value is -2.16. The Morgan fingerprint density at radius 2 is 1.56 bits per heavy atom. The van der Waals surface area contributed by atoms with Gasteiger partial charge in [0.1, 0.15) is 5.75 Å². The number of benzene rings is 2. The molecule has 0 aliphatic rings. The Bertz CT molecular complexity index is 766. The predicted molar refractivity (Wildman–Crippen MR) is 120 cm³/mol. The summed E-state index contributed by atoms with van der Waals surface area (Å²) in [4.78, 5) is 4.27. The summed E-state index contributed by atoms with van der Waals surface area (Å²) >= 11 is 0. The van der Waals surface area contributed by atoms with Gasteiger partial charge in [0, 0.05) is 31.3 Å². The van der Waals surface area contributed by atoms with Crippen molar-refractivity contribution < 1.29 is 14.2 Å². The van der Waals surface area contributed by atoms with Crippen molar-refractivity contribution in [2.75, 3.05) is 28.4 Å². The summed E-state index contributed by atoms with van der Waals surface area (Å²) in [5.74, 6) is 2.98. The quantitative estimate of drug-likeness (QED) is 0.357. The van der Waals surface area contributed by atoms with Gasteiger partial charge in [-0.2, -0.15) is 0 Å². The topological polar surface area (TPSA) is 64.1 Å². The third-order valence-electron chi connectivity index (χ3n) is 4.04. The van der Waals surface area contributed by atoms with E-state index < -0.39 is 0 Å². The van der Waals surface area contributed by atoms with Gasteiger partial charge >= 0.3 is 0 Å². The van der Waals surface area contributed by atoms with Crippen molar-refractivity contribution >= 4 is 29.9 Å². The molecule has 2 rings (SSSR count). The summed E-state index contributed by atoms with van der Waals surface area (Å²) in [5.41, 5.74) is 3.22. The molecule has 148 valence electrons. The van der Waals surface area contributed by atoms with Crippen LogP contribution in [0.1, 0.15) is 16.7 Å². The molecule has 0 radical (unpaired) electrons. The molecule has 7 heteroatoms. The highest BCUT2D eigenvalue weighted by molar-refractivity contribution is 14.0. The minimum atomic E-state index is 0. The molecule has 0 aliphatic carbocycles. The van der Waals surface area contributed by atoms with Gasteiger partial charge in [0.15, 0.2) is 17.5 Å². The second-order valence-electron chi connectivity index (χ2n) is 5.75. The molecule has 0 aliphatic heterocycles. The fourth-order valence-corrected chi connectivity index (χ4v) is 2.67. The lowest BCUT2D eigenvalue weighted by atomic mass is 10.1. The van der Waals surface area contributed by atoms with Crippen molar-refractivity contribution in [3.8, 4) is 17.2 Å². The van der Waals surface area contributed by atoms with Crippen molar-refractivity contribution in [2.24, 2.45) is 4.99 Å². The Kier molecular flexibility index (Phi) is 9.77. The average Bonchev–Trinajstić information content (AvgIpc) is 2.68. The summed E-state index contributed by atoms with van der Waals surface area (Å²) in [7, 11) is 6.69. The zero-order valence-corrected chi connectivity index (χ0v) is 18.8. The van der Waals surface area contributed by atoms with E-state index in [2.05, 4.69) is 27.8 Å². The number of aliphatic imine (C=N–C) groups is 1. The van der Waals surface area contributed by atoms with Gasteiger partial charge in [0.2, 0.25) is 0 Å². The fraction of sp³-hybridized carbons (Fsp3) is 0.350. The molecular formula is C20H28IN3O3. The SMILES string of the molecule is CN=C(NCc1ccc(C)cc1OC)NCc1cccc(OC)c1OC.I. The summed E-state index contributed by atoms with van der Waals surface area (Å²) in [6.45, 7) is 3.21. The van der Waals surface area contributed by atoms with Gasteiger partial charge in [-0.1, -0.05) is 24.3 Å². The number of halogens is 1. The number of para-hydroxylation sites is 1. The largest absolute Gasteiger partial charge is 0.496 e. The third-order valence-corrected chi connectivity index (χ3v) is 4.04. The molecular weight excluding hydrogens is 457 g/mol. The van der Waals surface area contributed by atoms with Crippen LogP contribution in [0.3, 0.4) is 0 Å². The van der Waals surface area contributed by atoms with Gasteiger partial charge in [0.25, 0.3) is 0 Å². The normalized spacial score (nSPS) is 10.6. The molecule has 0 saturated carbocycles. The van der Waals surface area contributed by atoms with E-state index in [1.54, 1.807) is 28.4 Å². The van der Waals surface area contributed by atoms with E-state index in [1.807, 2.05) is 31.2 Å². The van der Waals surface area contributed by atoms with Gasteiger partial charge in [0.05, 0.1) is 21.3 Å². The first-order valence-corrected chi connectivity index (χ1v) is 8.40. The zero-order chi connectivity index (χ0) is 18.9. The first-order valence-electron chi connectivity index (χ1n) is 8.40. The van der Waals surface area contributed by atoms with E-state index in [0.29, 0.717) is 24.8 Å². The molecule has 0 unspecified atom stereocenters. The molecule has 2 N–H and O–H groups in total. The van der Waals surface area contributed by atoms with Crippen molar-refractivity contribution in [1.82, 2.24) is 10.6 Å². The molecule has 0 heterocycles. The van der Waals surface area contributed by atoms with Gasteiger partial charge in [-0.05, 0) is 24.6 Å². The lowest BCUT2D eigenvalue weighted by molar-refractivity contribution is 0.351. The van der Waals surface area contributed by atoms with Crippen LogP contribution >= 0.6 is 24.0 Å². The van der Waals surface area contributed by atoms with E-state index in [1.165, 1.54) is 5.56 Å². The van der Waals surface area contributed by atoms with Crippen LogP contribution in [-0.2, 0) is 13.1 Å². The lowest BCUT2D eigenvalue weighted by Gasteiger charge is -2.16. The standard InChI is InChI=1S/C20H27N3O3.HI/c1-14-9-10-15(18(11-14)25-4)12-22-20(21-2)23-13-16-7-6-8-17(24-3)19(16)26-5;/h6-11H,12-13H2,1-5H3,(H2,21,22,23);1H. The van der Waals surface area contributed by atoms with Gasteiger partial charge < -0.3 is 24.8 Å². The first-order chi connectivity index (χ1) is 12.6. The summed E-state index contributed by atoms with van der Waals surface area (Å²) in [6, 6.07) is 11.9. The van der Waals surface area contributed by atoms with Crippen molar-refractivity contribution in [2.45, 2.75) is 20.0 Å². The molecule has 0 amide bonds. The number of hydrogen-bond acceptors (Lipinski definition) is 4. The molecule has 2 aromatic carbocycles. The highest BCUT2D eigenvalue weighted by Gasteiger charge is 2.10. The van der Waals surface area contributed by atoms with Crippen LogP contribution in [0.2, 0.25) is 0 Å². The van der Waals surface area contributed by atoms with Gasteiger partial charge in [-0.15, -0.1) is 24.0 Å². The summed E-state index contributed by atoms with van der Waals surface area (Å²) in [5, 5.41) is 6.60. The number of aryl methyl sites for hydroxylation is 1. The highest BCUT2D eigenvalue weighted by atomic mass is 127. The molecule has 27 heavy (non-hydrogen) atoms. The number of rotatable bonds is 7. The van der Waals surface area contributed by atoms with E-state index in [9.17, 15) is 0 Å². The number of hydrogen-bond donors (Lipinski definition) is 2. The van der Waals surface area contributed by atoms with Gasteiger partial charge in [-0.25, -0.2) is 0 Å². The van der Waals surface area contributed by atoms with E-state index in [0.717, 1.165) is 22.6 Å². The fourth-order valence-electron chi connectivity index (χ4n) is 2.67. The molecule has 2 aromatic rings. The van der Waals surface area contributed by atoms with Crippen LogP contribution < -0.4 is 24.8 Å². The maximum Gasteiger partial charge on any atom is 0.191 e. The molecule has 0 saturated heterocycles. The maximum atomic E-state index is 5.46. The summed E-state index contributed by atoms with van der Waals surface area (Å²) < 4.78 is 16.2. The van der Waals surface area contributed by atoms with Gasteiger partial charge in [-0.3, -0.25) is 4.99 Å². The number of guanidine groups is 1. The van der Waals surface area contributed by atoms with Crippen LogP contribution in [0, 0.1) is 6.92 Å². The van der Waals surface area contributed by atoms with E-state index in [-0.39, 0.29) is 24.0 Å². The molecule has 0 aromatic heterocycles. The second-order valence-corrected chi connectivity index (χ2v) is 5.75. The molecule has 0 bridgehead atoms.